The summed E-state index contributed by atoms with van der Waals surface area (Å²) in [5.41, 5.74) is 2.24. The fourth-order valence-corrected chi connectivity index (χ4v) is 2.51. The summed E-state index contributed by atoms with van der Waals surface area (Å²) in [6.45, 7) is 1.16. The fourth-order valence-electron chi connectivity index (χ4n) is 2.51. The largest absolute Gasteiger partial charge is 0.493 e. The highest BCUT2D eigenvalue weighted by molar-refractivity contribution is 5.90. The summed E-state index contributed by atoms with van der Waals surface area (Å²) >= 11 is 0. The minimum atomic E-state index is -0.145. The van der Waals surface area contributed by atoms with E-state index >= 15 is 0 Å². The van der Waals surface area contributed by atoms with Gasteiger partial charge in [-0.3, -0.25) is 9.89 Å². The number of hydrogen-bond acceptors (Lipinski definition) is 5. The van der Waals surface area contributed by atoms with Crippen molar-refractivity contribution in [2.75, 3.05) is 20.8 Å². The predicted molar refractivity (Wildman–Crippen MR) is 74.4 cm³/mol. The standard InChI is InChI=1S/C14H16N4O3/c1-20-11-5-9-3-4-18(7-10(9)6-12(11)21-2)14(19)13-15-8-16-17-13/h5-6,8H,3-4,7H2,1-2H3,(H,15,16,17). The predicted octanol–water partition coefficient (Wildman–Crippen LogP) is 1.02. The molecule has 0 saturated heterocycles. The van der Waals surface area contributed by atoms with Gasteiger partial charge in [0.25, 0.3) is 5.91 Å². The molecule has 0 radical (unpaired) electrons. The Morgan fingerprint density at radius 1 is 1.24 bits per heavy atom. The third-order valence-corrected chi connectivity index (χ3v) is 3.62. The van der Waals surface area contributed by atoms with Crippen LogP contribution in [-0.2, 0) is 13.0 Å². The van der Waals surface area contributed by atoms with E-state index in [1.165, 1.54) is 11.9 Å². The molecule has 0 bridgehead atoms. The van der Waals surface area contributed by atoms with E-state index in [-0.39, 0.29) is 11.7 Å². The quantitative estimate of drug-likeness (QED) is 0.912. The van der Waals surface area contributed by atoms with Crippen molar-refractivity contribution >= 4 is 5.91 Å². The van der Waals surface area contributed by atoms with E-state index in [1.807, 2.05) is 12.1 Å². The van der Waals surface area contributed by atoms with Crippen LogP contribution < -0.4 is 9.47 Å². The van der Waals surface area contributed by atoms with Crippen molar-refractivity contribution in [3.05, 3.63) is 35.4 Å². The summed E-state index contributed by atoms with van der Waals surface area (Å²) in [5.74, 6) is 1.50. The lowest BCUT2D eigenvalue weighted by molar-refractivity contribution is 0.0722. The number of hydrogen-bond donors (Lipinski definition) is 1. The Hall–Kier alpha value is -2.57. The molecule has 0 saturated carbocycles. The van der Waals surface area contributed by atoms with Crippen LogP contribution in [0.2, 0.25) is 0 Å². The van der Waals surface area contributed by atoms with Crippen LogP contribution in [0.3, 0.4) is 0 Å². The molecule has 1 aromatic carbocycles. The van der Waals surface area contributed by atoms with Crippen molar-refractivity contribution in [3.63, 3.8) is 0 Å². The number of nitrogens with one attached hydrogen (secondary N) is 1. The van der Waals surface area contributed by atoms with E-state index in [9.17, 15) is 4.79 Å². The van der Waals surface area contributed by atoms with E-state index in [1.54, 1.807) is 19.1 Å². The number of rotatable bonds is 3. The van der Waals surface area contributed by atoms with Gasteiger partial charge in [-0.25, -0.2) is 4.98 Å². The van der Waals surface area contributed by atoms with Crippen LogP contribution in [0.1, 0.15) is 21.7 Å². The molecular formula is C14H16N4O3. The lowest BCUT2D eigenvalue weighted by Crippen LogP contribution is -2.36. The summed E-state index contributed by atoms with van der Waals surface area (Å²) in [6, 6.07) is 3.90. The molecule has 2 aromatic rings. The Kier molecular flexibility index (Phi) is 3.47. The maximum Gasteiger partial charge on any atom is 0.291 e. The van der Waals surface area contributed by atoms with Crippen LogP contribution in [0.5, 0.6) is 11.5 Å². The van der Waals surface area contributed by atoms with E-state index in [2.05, 4.69) is 15.2 Å². The highest BCUT2D eigenvalue weighted by atomic mass is 16.5. The third-order valence-electron chi connectivity index (χ3n) is 3.62. The molecule has 1 amide bonds. The van der Waals surface area contributed by atoms with Gasteiger partial charge in [0.1, 0.15) is 6.33 Å². The van der Waals surface area contributed by atoms with E-state index in [0.29, 0.717) is 24.6 Å². The topological polar surface area (TPSA) is 80.3 Å². The Morgan fingerprint density at radius 2 is 1.95 bits per heavy atom. The first-order valence-electron chi connectivity index (χ1n) is 6.61. The zero-order valence-corrected chi connectivity index (χ0v) is 11.9. The van der Waals surface area contributed by atoms with Gasteiger partial charge in [-0.05, 0) is 29.7 Å². The number of fused-ring (bicyclic) bond motifs is 1. The van der Waals surface area contributed by atoms with E-state index in [0.717, 1.165) is 12.0 Å². The Balaban J connectivity index is 1.86. The molecule has 7 nitrogen and oxygen atoms in total. The maximum atomic E-state index is 12.3. The first-order valence-corrected chi connectivity index (χ1v) is 6.61. The van der Waals surface area contributed by atoms with Crippen molar-refractivity contribution in [2.45, 2.75) is 13.0 Å². The van der Waals surface area contributed by atoms with E-state index < -0.39 is 0 Å². The molecule has 3 rings (SSSR count). The molecular weight excluding hydrogens is 272 g/mol. The molecule has 21 heavy (non-hydrogen) atoms. The van der Waals surface area contributed by atoms with E-state index in [4.69, 9.17) is 9.47 Å². The number of carbonyl (C=O) groups is 1. The average molecular weight is 288 g/mol. The van der Waals surface area contributed by atoms with Gasteiger partial charge in [-0.1, -0.05) is 0 Å². The Labute approximate surface area is 121 Å². The molecule has 1 aromatic heterocycles. The number of aromatic nitrogens is 3. The summed E-state index contributed by atoms with van der Waals surface area (Å²) in [7, 11) is 3.22. The van der Waals surface area contributed by atoms with Crippen LogP contribution in [0.4, 0.5) is 0 Å². The second-order valence-electron chi connectivity index (χ2n) is 4.79. The summed E-state index contributed by atoms with van der Waals surface area (Å²) in [6.07, 6.45) is 2.11. The molecule has 0 unspecified atom stereocenters. The number of H-pyrrole nitrogens is 1. The van der Waals surface area contributed by atoms with Crippen LogP contribution in [0.25, 0.3) is 0 Å². The first kappa shape index (κ1) is 13.4. The van der Waals surface area contributed by atoms with Gasteiger partial charge in [0.05, 0.1) is 14.2 Å². The zero-order chi connectivity index (χ0) is 14.8. The van der Waals surface area contributed by atoms with Crippen LogP contribution in [0, 0.1) is 0 Å². The zero-order valence-electron chi connectivity index (χ0n) is 11.9. The normalized spacial score (nSPS) is 13.7. The average Bonchev–Trinajstić information content (AvgIpc) is 3.06. The van der Waals surface area contributed by atoms with Gasteiger partial charge >= 0.3 is 0 Å². The third kappa shape index (κ3) is 2.42. The molecule has 1 aliphatic rings. The first-order chi connectivity index (χ1) is 10.2. The van der Waals surface area contributed by atoms with Gasteiger partial charge in [0.15, 0.2) is 11.5 Å². The minimum Gasteiger partial charge on any atom is -0.493 e. The maximum absolute atomic E-state index is 12.3. The highest BCUT2D eigenvalue weighted by Crippen LogP contribution is 2.33. The van der Waals surface area contributed by atoms with Gasteiger partial charge in [-0.2, -0.15) is 5.10 Å². The minimum absolute atomic E-state index is 0.145. The molecule has 2 heterocycles. The number of benzene rings is 1. The highest BCUT2D eigenvalue weighted by Gasteiger charge is 2.25. The number of amides is 1. The second-order valence-corrected chi connectivity index (χ2v) is 4.79. The van der Waals surface area contributed by atoms with Crippen molar-refractivity contribution in [3.8, 4) is 11.5 Å². The lowest BCUT2D eigenvalue weighted by Gasteiger charge is -2.28. The molecule has 1 N–H and O–H groups in total. The molecule has 7 heteroatoms. The van der Waals surface area contributed by atoms with Gasteiger partial charge in [0.2, 0.25) is 5.82 Å². The van der Waals surface area contributed by atoms with Gasteiger partial charge in [-0.15, -0.1) is 0 Å². The fraction of sp³-hybridized carbons (Fsp3) is 0.357. The molecule has 0 fully saturated rings. The molecule has 1 aliphatic heterocycles. The molecule has 0 atom stereocenters. The number of methoxy groups -OCH3 is 2. The van der Waals surface area contributed by atoms with Gasteiger partial charge in [0, 0.05) is 13.1 Å². The van der Waals surface area contributed by atoms with Crippen LogP contribution in [0.15, 0.2) is 18.5 Å². The summed E-state index contributed by atoms with van der Waals surface area (Å²) in [4.78, 5) is 17.9. The Bertz CT molecular complexity index is 654. The van der Waals surface area contributed by atoms with Crippen molar-refractivity contribution in [2.24, 2.45) is 0 Å². The molecule has 0 spiro atoms. The smallest absolute Gasteiger partial charge is 0.291 e. The van der Waals surface area contributed by atoms with Gasteiger partial charge < -0.3 is 14.4 Å². The van der Waals surface area contributed by atoms with Crippen LogP contribution >= 0.6 is 0 Å². The monoisotopic (exact) mass is 288 g/mol. The van der Waals surface area contributed by atoms with Crippen molar-refractivity contribution in [1.29, 1.82) is 0 Å². The number of aromatic amines is 1. The van der Waals surface area contributed by atoms with Crippen molar-refractivity contribution < 1.29 is 14.3 Å². The summed E-state index contributed by atoms with van der Waals surface area (Å²) < 4.78 is 10.6. The SMILES string of the molecule is COc1cc2c(cc1OC)CN(C(=O)c1ncn[nH]1)CC2. The lowest BCUT2D eigenvalue weighted by atomic mass is 9.98. The molecule has 0 aliphatic carbocycles. The Morgan fingerprint density at radius 3 is 2.57 bits per heavy atom. The summed E-state index contributed by atoms with van der Waals surface area (Å²) in [5, 5.41) is 6.31. The van der Waals surface area contributed by atoms with Crippen molar-refractivity contribution in [1.82, 2.24) is 20.1 Å². The number of carbonyl (C=O) groups excluding carboxylic acids is 1. The van der Waals surface area contributed by atoms with Crippen LogP contribution in [-0.4, -0.2) is 46.8 Å². The molecule has 110 valence electrons. The number of nitrogens with zero attached hydrogens (tertiary/aromatic N) is 3. The second kappa shape index (κ2) is 5.43. The number of ether oxygens (including phenoxy) is 2.